The van der Waals surface area contributed by atoms with Gasteiger partial charge in [0.15, 0.2) is 0 Å². The summed E-state index contributed by atoms with van der Waals surface area (Å²) in [6.07, 6.45) is 0.0596. The second-order valence-electron chi connectivity index (χ2n) is 6.67. The average Bonchev–Trinajstić information content (AvgIpc) is 2.68. The van der Waals surface area contributed by atoms with Gasteiger partial charge in [-0.05, 0) is 51.1 Å². The van der Waals surface area contributed by atoms with Crippen LogP contribution >= 0.6 is 0 Å². The number of nitrogens with zero attached hydrogens (tertiary/aromatic N) is 2. The molecule has 0 fully saturated rings. The maximum atomic E-state index is 11.7. The quantitative estimate of drug-likeness (QED) is 0.556. The van der Waals surface area contributed by atoms with Gasteiger partial charge in [0.1, 0.15) is 23.2 Å². The van der Waals surface area contributed by atoms with E-state index in [9.17, 15) is 4.79 Å². The number of benzene rings is 2. The Morgan fingerprint density at radius 3 is 2.41 bits per heavy atom. The Bertz CT molecular complexity index is 1000. The predicted molar refractivity (Wildman–Crippen MR) is 113 cm³/mol. The van der Waals surface area contributed by atoms with Crippen molar-refractivity contribution in [1.29, 1.82) is 0 Å². The molecule has 0 aliphatic heterocycles. The Labute approximate surface area is 170 Å². The van der Waals surface area contributed by atoms with Crippen molar-refractivity contribution in [2.75, 3.05) is 17.7 Å². The summed E-state index contributed by atoms with van der Waals surface area (Å²) < 4.78 is 10.6. The fourth-order valence-corrected chi connectivity index (χ4v) is 2.75. The molecule has 0 saturated heterocycles. The van der Waals surface area contributed by atoms with Gasteiger partial charge >= 0.3 is 5.97 Å². The number of rotatable bonds is 7. The lowest BCUT2D eigenvalue weighted by Crippen LogP contribution is -2.08. The van der Waals surface area contributed by atoms with E-state index in [0.29, 0.717) is 23.0 Å². The second kappa shape index (κ2) is 9.05. The van der Waals surface area contributed by atoms with Crippen molar-refractivity contribution in [3.05, 3.63) is 66.0 Å². The van der Waals surface area contributed by atoms with Crippen molar-refractivity contribution in [2.45, 2.75) is 26.9 Å². The van der Waals surface area contributed by atoms with Gasteiger partial charge in [-0.25, -0.2) is 14.8 Å². The van der Waals surface area contributed by atoms with E-state index in [1.165, 1.54) is 7.11 Å². The monoisotopic (exact) mass is 392 g/mol. The van der Waals surface area contributed by atoms with Crippen LogP contribution in [0.25, 0.3) is 0 Å². The molecule has 0 radical (unpaired) electrons. The fourth-order valence-electron chi connectivity index (χ4n) is 2.75. The molecule has 0 amide bonds. The summed E-state index contributed by atoms with van der Waals surface area (Å²) in [5.41, 5.74) is 2.00. The average molecular weight is 392 g/mol. The summed E-state index contributed by atoms with van der Waals surface area (Å²) in [6.45, 7) is 5.78. The number of anilines is 4. The van der Waals surface area contributed by atoms with Gasteiger partial charge in [0.05, 0.1) is 24.5 Å². The number of ether oxygens (including phenoxy) is 2. The Morgan fingerprint density at radius 2 is 1.69 bits per heavy atom. The van der Waals surface area contributed by atoms with Crippen LogP contribution in [-0.2, 0) is 4.74 Å². The van der Waals surface area contributed by atoms with Crippen LogP contribution in [0, 0.1) is 6.92 Å². The molecule has 2 N–H and O–H groups in total. The number of hydrogen-bond donors (Lipinski definition) is 2. The molecule has 3 rings (SSSR count). The van der Waals surface area contributed by atoms with Gasteiger partial charge < -0.3 is 20.1 Å². The number of carbonyl (C=O) groups is 1. The third kappa shape index (κ3) is 5.44. The summed E-state index contributed by atoms with van der Waals surface area (Å²) in [6, 6.07) is 16.5. The number of methoxy groups -OCH3 is 1. The molecule has 7 nitrogen and oxygen atoms in total. The van der Waals surface area contributed by atoms with Crippen LogP contribution < -0.4 is 15.4 Å². The molecular formula is C22H24N4O3. The minimum Gasteiger partial charge on any atom is -0.489 e. The molecule has 0 atom stereocenters. The summed E-state index contributed by atoms with van der Waals surface area (Å²) in [7, 11) is 1.36. The van der Waals surface area contributed by atoms with Crippen LogP contribution in [0.5, 0.6) is 5.75 Å². The van der Waals surface area contributed by atoms with Crippen LogP contribution in [0.2, 0.25) is 0 Å². The first-order valence-electron chi connectivity index (χ1n) is 9.28. The zero-order valence-electron chi connectivity index (χ0n) is 16.9. The molecule has 0 spiro atoms. The third-order valence-electron chi connectivity index (χ3n) is 3.91. The lowest BCUT2D eigenvalue weighted by Gasteiger charge is -2.16. The van der Waals surface area contributed by atoms with E-state index >= 15 is 0 Å². The Hall–Kier alpha value is -3.61. The molecule has 1 aromatic heterocycles. The van der Waals surface area contributed by atoms with Gasteiger partial charge in [0, 0.05) is 11.8 Å². The molecule has 0 unspecified atom stereocenters. The van der Waals surface area contributed by atoms with Crippen molar-refractivity contribution < 1.29 is 14.3 Å². The topological polar surface area (TPSA) is 85.4 Å². The summed E-state index contributed by atoms with van der Waals surface area (Å²) in [5.74, 6) is 2.19. The highest BCUT2D eigenvalue weighted by Crippen LogP contribution is 2.28. The third-order valence-corrected chi connectivity index (χ3v) is 3.91. The standard InChI is InChI=1S/C22H24N4O3/c1-14(2)29-19-11-6-5-10-18(19)26-21-13-20(23-15(3)24-21)25-17-9-7-8-16(12-17)22(27)28-4/h5-14H,1-4H3,(H2,23,24,25,26). The molecule has 7 heteroatoms. The maximum absolute atomic E-state index is 11.7. The minimum atomic E-state index is -0.392. The first-order chi connectivity index (χ1) is 13.9. The van der Waals surface area contributed by atoms with Gasteiger partial charge in [-0.3, -0.25) is 0 Å². The molecule has 150 valence electrons. The van der Waals surface area contributed by atoms with Crippen molar-refractivity contribution in [1.82, 2.24) is 9.97 Å². The number of hydrogen-bond acceptors (Lipinski definition) is 7. The van der Waals surface area contributed by atoms with Crippen molar-refractivity contribution in [3.8, 4) is 5.75 Å². The SMILES string of the molecule is COC(=O)c1cccc(Nc2cc(Nc3ccccc3OC(C)C)nc(C)n2)c1. The lowest BCUT2D eigenvalue weighted by atomic mass is 10.2. The number of esters is 1. The summed E-state index contributed by atoms with van der Waals surface area (Å²) in [4.78, 5) is 20.6. The highest BCUT2D eigenvalue weighted by atomic mass is 16.5. The smallest absolute Gasteiger partial charge is 0.337 e. The maximum Gasteiger partial charge on any atom is 0.337 e. The minimum absolute atomic E-state index is 0.0596. The molecule has 0 bridgehead atoms. The van der Waals surface area contributed by atoms with Crippen LogP contribution in [0.1, 0.15) is 30.0 Å². The van der Waals surface area contributed by atoms with Crippen LogP contribution in [-0.4, -0.2) is 29.2 Å². The van der Waals surface area contributed by atoms with Crippen molar-refractivity contribution in [3.63, 3.8) is 0 Å². The molecule has 3 aromatic rings. The van der Waals surface area contributed by atoms with Gasteiger partial charge in [-0.15, -0.1) is 0 Å². The van der Waals surface area contributed by atoms with E-state index in [1.54, 1.807) is 24.3 Å². The molecule has 2 aromatic carbocycles. The Kier molecular flexibility index (Phi) is 6.29. The fraction of sp³-hybridized carbons (Fsp3) is 0.227. The molecule has 1 heterocycles. The van der Waals surface area contributed by atoms with Crippen molar-refractivity contribution in [2.24, 2.45) is 0 Å². The Balaban J connectivity index is 1.84. The Morgan fingerprint density at radius 1 is 0.966 bits per heavy atom. The first-order valence-corrected chi connectivity index (χ1v) is 9.28. The number of para-hydroxylation sites is 2. The lowest BCUT2D eigenvalue weighted by molar-refractivity contribution is 0.0601. The molecular weight excluding hydrogens is 368 g/mol. The summed E-state index contributed by atoms with van der Waals surface area (Å²) >= 11 is 0. The predicted octanol–water partition coefficient (Wildman–Crippen LogP) is 4.85. The van der Waals surface area contributed by atoms with E-state index in [2.05, 4.69) is 20.6 Å². The number of carbonyl (C=O) groups excluding carboxylic acids is 1. The van der Waals surface area contributed by atoms with Crippen LogP contribution in [0.15, 0.2) is 54.6 Å². The zero-order valence-corrected chi connectivity index (χ0v) is 16.9. The highest BCUT2D eigenvalue weighted by molar-refractivity contribution is 5.90. The number of nitrogens with one attached hydrogen (secondary N) is 2. The largest absolute Gasteiger partial charge is 0.489 e. The van der Waals surface area contributed by atoms with E-state index in [0.717, 1.165) is 17.1 Å². The van der Waals surface area contributed by atoms with Gasteiger partial charge in [0.25, 0.3) is 0 Å². The molecule has 0 aliphatic rings. The zero-order chi connectivity index (χ0) is 20.8. The first kappa shape index (κ1) is 20.1. The summed E-state index contributed by atoms with van der Waals surface area (Å²) in [5, 5.41) is 6.50. The van der Waals surface area contributed by atoms with E-state index in [1.807, 2.05) is 51.1 Å². The molecule has 0 saturated carbocycles. The molecule has 29 heavy (non-hydrogen) atoms. The van der Waals surface area contributed by atoms with Gasteiger partial charge in [-0.1, -0.05) is 18.2 Å². The number of aryl methyl sites for hydroxylation is 1. The normalized spacial score (nSPS) is 10.5. The van der Waals surface area contributed by atoms with E-state index in [-0.39, 0.29) is 6.10 Å². The van der Waals surface area contributed by atoms with E-state index in [4.69, 9.17) is 9.47 Å². The van der Waals surface area contributed by atoms with Crippen molar-refractivity contribution >= 4 is 29.0 Å². The number of aromatic nitrogens is 2. The van der Waals surface area contributed by atoms with Gasteiger partial charge in [0.2, 0.25) is 0 Å². The van der Waals surface area contributed by atoms with E-state index < -0.39 is 5.97 Å². The molecule has 0 aliphatic carbocycles. The second-order valence-corrected chi connectivity index (χ2v) is 6.67. The highest BCUT2D eigenvalue weighted by Gasteiger charge is 2.10. The van der Waals surface area contributed by atoms with Gasteiger partial charge in [-0.2, -0.15) is 0 Å². The van der Waals surface area contributed by atoms with Crippen LogP contribution in [0.4, 0.5) is 23.0 Å². The van der Waals surface area contributed by atoms with Crippen LogP contribution in [0.3, 0.4) is 0 Å².